The molecule has 1 unspecified atom stereocenters. The number of nitrogens with zero attached hydrogens (tertiary/aromatic N) is 1. The fraction of sp³-hybridized carbons (Fsp3) is 0.643. The number of aromatic nitrogens is 1. The maximum atomic E-state index is 12.2. The third-order valence-corrected chi connectivity index (χ3v) is 4.86. The van der Waals surface area contributed by atoms with Crippen LogP contribution in [0, 0.1) is 5.92 Å². The Morgan fingerprint density at radius 1 is 1.45 bits per heavy atom. The highest BCUT2D eigenvalue weighted by molar-refractivity contribution is 7.11. The normalized spacial score (nSPS) is 23.0. The van der Waals surface area contributed by atoms with Crippen LogP contribution in [-0.4, -0.2) is 30.0 Å². The minimum Gasteiger partial charge on any atom is -0.461 e. The van der Waals surface area contributed by atoms with E-state index in [1.807, 2.05) is 0 Å². The van der Waals surface area contributed by atoms with E-state index in [0.29, 0.717) is 30.4 Å². The van der Waals surface area contributed by atoms with E-state index in [9.17, 15) is 9.59 Å². The molecule has 2 fully saturated rings. The predicted molar refractivity (Wildman–Crippen MR) is 74.7 cm³/mol. The van der Waals surface area contributed by atoms with Crippen molar-refractivity contribution in [1.82, 2.24) is 10.3 Å². The van der Waals surface area contributed by atoms with Crippen LogP contribution < -0.4 is 5.32 Å². The van der Waals surface area contributed by atoms with Gasteiger partial charge < -0.3 is 10.1 Å². The van der Waals surface area contributed by atoms with Crippen molar-refractivity contribution in [2.24, 2.45) is 5.92 Å². The fourth-order valence-corrected chi connectivity index (χ4v) is 3.71. The summed E-state index contributed by atoms with van der Waals surface area (Å²) in [5, 5.41) is 2.74. The second-order valence-electron chi connectivity index (χ2n) is 5.52. The Morgan fingerprint density at radius 2 is 2.25 bits per heavy atom. The molecule has 6 heteroatoms. The standard InChI is InChI=1S/C14H18N2O3S/c17-11-5-9(6-15-11)7-19-14(18)13-12(16-8-20-13)10-3-1-2-4-10/h8-10H,1-7H2,(H,15,17). The van der Waals surface area contributed by atoms with Crippen molar-refractivity contribution in [2.45, 2.75) is 38.0 Å². The van der Waals surface area contributed by atoms with Gasteiger partial charge >= 0.3 is 5.97 Å². The highest BCUT2D eigenvalue weighted by Crippen LogP contribution is 2.36. The zero-order valence-corrected chi connectivity index (χ0v) is 12.1. The molecular formula is C14H18N2O3S. The molecular weight excluding hydrogens is 276 g/mol. The third-order valence-electron chi connectivity index (χ3n) is 4.03. The molecule has 2 heterocycles. The summed E-state index contributed by atoms with van der Waals surface area (Å²) in [6.45, 7) is 0.907. The van der Waals surface area contributed by atoms with Gasteiger partial charge in [-0.15, -0.1) is 11.3 Å². The van der Waals surface area contributed by atoms with Gasteiger partial charge in [0.2, 0.25) is 5.91 Å². The number of carbonyl (C=O) groups excluding carboxylic acids is 2. The zero-order valence-electron chi connectivity index (χ0n) is 11.3. The summed E-state index contributed by atoms with van der Waals surface area (Å²) >= 11 is 1.36. The lowest BCUT2D eigenvalue weighted by Gasteiger charge is -2.10. The van der Waals surface area contributed by atoms with Gasteiger partial charge in [-0.3, -0.25) is 4.79 Å². The lowest BCUT2D eigenvalue weighted by atomic mass is 10.0. The minimum atomic E-state index is -0.284. The molecule has 1 aliphatic heterocycles. The first-order chi connectivity index (χ1) is 9.74. The van der Waals surface area contributed by atoms with Crippen molar-refractivity contribution in [3.05, 3.63) is 16.1 Å². The van der Waals surface area contributed by atoms with E-state index >= 15 is 0 Å². The molecule has 20 heavy (non-hydrogen) atoms. The molecule has 0 bridgehead atoms. The van der Waals surface area contributed by atoms with E-state index in [1.54, 1.807) is 5.51 Å². The molecule has 0 spiro atoms. The van der Waals surface area contributed by atoms with Gasteiger partial charge in [0.15, 0.2) is 0 Å². The summed E-state index contributed by atoms with van der Waals surface area (Å²) in [7, 11) is 0. The Hall–Kier alpha value is -1.43. The van der Waals surface area contributed by atoms with E-state index in [1.165, 1.54) is 24.2 Å². The molecule has 1 amide bonds. The third kappa shape index (κ3) is 2.85. The lowest BCUT2D eigenvalue weighted by molar-refractivity contribution is -0.119. The van der Waals surface area contributed by atoms with Gasteiger partial charge in [0.05, 0.1) is 17.8 Å². The number of hydrogen-bond acceptors (Lipinski definition) is 5. The highest BCUT2D eigenvalue weighted by Gasteiger charge is 2.27. The largest absolute Gasteiger partial charge is 0.461 e. The SMILES string of the molecule is O=C1CC(COC(=O)c2scnc2C2CCCC2)CN1. The van der Waals surface area contributed by atoms with Gasteiger partial charge in [-0.1, -0.05) is 12.8 Å². The number of esters is 1. The van der Waals surface area contributed by atoms with Crippen LogP contribution in [0.25, 0.3) is 0 Å². The van der Waals surface area contributed by atoms with Crippen molar-refractivity contribution >= 4 is 23.2 Å². The topological polar surface area (TPSA) is 68.3 Å². The number of nitrogens with one attached hydrogen (secondary N) is 1. The summed E-state index contributed by atoms with van der Waals surface area (Å²) in [5.41, 5.74) is 2.64. The summed E-state index contributed by atoms with van der Waals surface area (Å²) < 4.78 is 5.36. The molecule has 5 nitrogen and oxygen atoms in total. The van der Waals surface area contributed by atoms with Crippen molar-refractivity contribution in [3.63, 3.8) is 0 Å². The van der Waals surface area contributed by atoms with Crippen LogP contribution in [-0.2, 0) is 9.53 Å². The van der Waals surface area contributed by atoms with E-state index in [0.717, 1.165) is 18.5 Å². The smallest absolute Gasteiger partial charge is 0.350 e. The van der Waals surface area contributed by atoms with Crippen molar-refractivity contribution in [2.75, 3.05) is 13.2 Å². The molecule has 108 valence electrons. The number of rotatable bonds is 4. The van der Waals surface area contributed by atoms with Crippen molar-refractivity contribution in [1.29, 1.82) is 0 Å². The average molecular weight is 294 g/mol. The molecule has 0 radical (unpaired) electrons. The fourth-order valence-electron chi connectivity index (χ4n) is 2.94. The van der Waals surface area contributed by atoms with E-state index in [2.05, 4.69) is 10.3 Å². The maximum absolute atomic E-state index is 12.2. The average Bonchev–Trinajstić information content (AvgIpc) is 3.16. The first-order valence-electron chi connectivity index (χ1n) is 7.11. The molecule has 1 saturated heterocycles. The van der Waals surface area contributed by atoms with Crippen LogP contribution in [0.1, 0.15) is 53.4 Å². The molecule has 2 aliphatic rings. The van der Waals surface area contributed by atoms with Gasteiger partial charge in [0.25, 0.3) is 0 Å². The summed E-state index contributed by atoms with van der Waals surface area (Å²) in [6, 6.07) is 0. The molecule has 1 aliphatic carbocycles. The minimum absolute atomic E-state index is 0.0375. The van der Waals surface area contributed by atoms with Gasteiger partial charge in [-0.05, 0) is 12.8 Å². The Morgan fingerprint density at radius 3 is 2.95 bits per heavy atom. The van der Waals surface area contributed by atoms with Gasteiger partial charge in [0.1, 0.15) is 4.88 Å². The van der Waals surface area contributed by atoms with Crippen molar-refractivity contribution in [3.8, 4) is 0 Å². The first-order valence-corrected chi connectivity index (χ1v) is 7.99. The molecule has 0 aromatic carbocycles. The molecule has 3 rings (SSSR count). The lowest BCUT2D eigenvalue weighted by Crippen LogP contribution is -2.18. The maximum Gasteiger partial charge on any atom is 0.350 e. The van der Waals surface area contributed by atoms with Crippen LogP contribution in [0.15, 0.2) is 5.51 Å². The van der Waals surface area contributed by atoms with Crippen LogP contribution in [0.4, 0.5) is 0 Å². The van der Waals surface area contributed by atoms with Crippen molar-refractivity contribution < 1.29 is 14.3 Å². The van der Waals surface area contributed by atoms with Crippen LogP contribution in [0.3, 0.4) is 0 Å². The highest BCUT2D eigenvalue weighted by atomic mass is 32.1. The Bertz CT molecular complexity index is 508. The molecule has 1 aromatic heterocycles. The van der Waals surface area contributed by atoms with Gasteiger partial charge in [0, 0.05) is 24.8 Å². The first kappa shape index (κ1) is 13.5. The summed E-state index contributed by atoms with van der Waals surface area (Å²) in [6.07, 6.45) is 5.11. The van der Waals surface area contributed by atoms with Crippen LogP contribution in [0.2, 0.25) is 0 Å². The van der Waals surface area contributed by atoms with Crippen LogP contribution >= 0.6 is 11.3 Å². The molecule has 1 aromatic rings. The number of amides is 1. The zero-order chi connectivity index (χ0) is 13.9. The van der Waals surface area contributed by atoms with E-state index in [-0.39, 0.29) is 17.8 Å². The second-order valence-corrected chi connectivity index (χ2v) is 6.38. The monoisotopic (exact) mass is 294 g/mol. The number of thiazole rings is 1. The molecule has 1 saturated carbocycles. The van der Waals surface area contributed by atoms with Gasteiger partial charge in [-0.25, -0.2) is 9.78 Å². The number of carbonyl (C=O) groups is 2. The van der Waals surface area contributed by atoms with E-state index < -0.39 is 0 Å². The number of ether oxygens (including phenoxy) is 1. The van der Waals surface area contributed by atoms with E-state index in [4.69, 9.17) is 4.74 Å². The van der Waals surface area contributed by atoms with Gasteiger partial charge in [-0.2, -0.15) is 0 Å². The summed E-state index contributed by atoms with van der Waals surface area (Å²) in [4.78, 5) is 28.3. The Labute approximate surface area is 121 Å². The van der Waals surface area contributed by atoms with Crippen LogP contribution in [0.5, 0.6) is 0 Å². The Balaban J connectivity index is 1.59. The Kier molecular flexibility index (Phi) is 4.00. The molecule has 1 N–H and O–H groups in total. The second kappa shape index (κ2) is 5.91. The quantitative estimate of drug-likeness (QED) is 0.863. The predicted octanol–water partition coefficient (Wildman–Crippen LogP) is 2.09. The number of hydrogen-bond donors (Lipinski definition) is 1. The summed E-state index contributed by atoms with van der Waals surface area (Å²) in [5.74, 6) is 0.275. The molecule has 1 atom stereocenters.